The Morgan fingerprint density at radius 1 is 0.976 bits per heavy atom. The molecule has 0 saturated heterocycles. The predicted octanol–water partition coefficient (Wildman–Crippen LogP) is 4.92. The summed E-state index contributed by atoms with van der Waals surface area (Å²) in [6.07, 6.45) is 8.69. The molecule has 1 saturated carbocycles. The second-order valence-electron chi connectivity index (χ2n) is 11.8. The van der Waals surface area contributed by atoms with Crippen molar-refractivity contribution in [1.82, 2.24) is 10.2 Å². The van der Waals surface area contributed by atoms with Crippen LogP contribution in [-0.2, 0) is 38.5 Å². The summed E-state index contributed by atoms with van der Waals surface area (Å²) in [5.41, 5.74) is 2.60. The second-order valence-corrected chi connectivity index (χ2v) is 11.8. The summed E-state index contributed by atoms with van der Waals surface area (Å²) in [5, 5.41) is 13.2. The molecule has 7 nitrogen and oxygen atoms in total. The summed E-state index contributed by atoms with van der Waals surface area (Å²) >= 11 is 0. The van der Waals surface area contributed by atoms with Gasteiger partial charge < -0.3 is 20.1 Å². The molecule has 7 heteroatoms. The van der Waals surface area contributed by atoms with Gasteiger partial charge in [0.2, 0.25) is 11.8 Å². The minimum absolute atomic E-state index is 0.0187. The fraction of sp³-hybridized carbons (Fsp3) is 0.457. The van der Waals surface area contributed by atoms with Gasteiger partial charge in [0.05, 0.1) is 30.0 Å². The lowest BCUT2D eigenvalue weighted by Crippen LogP contribution is -2.53. The summed E-state index contributed by atoms with van der Waals surface area (Å²) in [5.74, 6) is -1.64. The Labute approximate surface area is 249 Å². The molecule has 2 aromatic carbocycles. The molecule has 0 aromatic heterocycles. The molecule has 4 rings (SSSR count). The van der Waals surface area contributed by atoms with E-state index in [1.165, 1.54) is 0 Å². The summed E-state index contributed by atoms with van der Waals surface area (Å²) in [7, 11) is 0. The number of amides is 2. The van der Waals surface area contributed by atoms with Gasteiger partial charge in [-0.1, -0.05) is 79.6 Å². The monoisotopic (exact) mass is 572 g/mol. The number of nitrogens with one attached hydrogen (secondary N) is 1. The smallest absolute Gasteiger partial charge is 0.309 e. The topological polar surface area (TPSA) is 95.9 Å². The number of benzene rings is 2. The number of hydrogen-bond donors (Lipinski definition) is 2. The van der Waals surface area contributed by atoms with E-state index in [-0.39, 0.29) is 49.4 Å². The number of rotatable bonds is 14. The predicted molar refractivity (Wildman–Crippen MR) is 163 cm³/mol. The summed E-state index contributed by atoms with van der Waals surface area (Å²) in [6.45, 7) is 8.01. The maximum Gasteiger partial charge on any atom is 0.309 e. The lowest BCUT2D eigenvalue weighted by atomic mass is 9.91. The highest BCUT2D eigenvalue weighted by molar-refractivity contribution is 5.86. The number of carbonyl (C=O) groups is 3. The Morgan fingerprint density at radius 3 is 2.29 bits per heavy atom. The largest absolute Gasteiger partial charge is 0.463 e. The molecule has 2 aliphatic rings. The van der Waals surface area contributed by atoms with E-state index >= 15 is 0 Å². The summed E-state index contributed by atoms with van der Waals surface area (Å²) in [4.78, 5) is 42.0. The van der Waals surface area contributed by atoms with Gasteiger partial charge in [0, 0.05) is 13.0 Å². The fourth-order valence-electron chi connectivity index (χ4n) is 6.27. The van der Waals surface area contributed by atoms with E-state index in [1.807, 2.05) is 54.6 Å². The third kappa shape index (κ3) is 7.97. The fourth-order valence-corrected chi connectivity index (χ4v) is 6.27. The van der Waals surface area contributed by atoms with Gasteiger partial charge in [-0.3, -0.25) is 14.4 Å². The van der Waals surface area contributed by atoms with Gasteiger partial charge in [-0.15, -0.1) is 13.2 Å². The van der Waals surface area contributed by atoms with Crippen molar-refractivity contribution in [2.75, 3.05) is 13.2 Å². The van der Waals surface area contributed by atoms with Gasteiger partial charge in [-0.25, -0.2) is 0 Å². The number of hydrogen-bond acceptors (Lipinski definition) is 5. The van der Waals surface area contributed by atoms with Crippen molar-refractivity contribution >= 4 is 17.8 Å². The van der Waals surface area contributed by atoms with Crippen molar-refractivity contribution in [2.24, 2.45) is 11.8 Å². The van der Waals surface area contributed by atoms with E-state index in [0.717, 1.165) is 29.5 Å². The number of allylic oxidation sites excluding steroid dienone is 2. The number of fused-ring (bicyclic) bond motifs is 1. The van der Waals surface area contributed by atoms with E-state index in [2.05, 4.69) is 18.5 Å². The third-order valence-electron chi connectivity index (χ3n) is 8.68. The summed E-state index contributed by atoms with van der Waals surface area (Å²) in [6, 6.07) is 17.5. The molecular weight excluding hydrogens is 528 g/mol. The molecule has 2 amide bonds. The average molecular weight is 573 g/mol. The van der Waals surface area contributed by atoms with Crippen molar-refractivity contribution in [3.05, 3.63) is 96.6 Å². The normalized spacial score (nSPS) is 18.8. The molecule has 1 aliphatic carbocycles. The molecular formula is C35H44N2O5. The van der Waals surface area contributed by atoms with Crippen LogP contribution in [0.3, 0.4) is 0 Å². The molecule has 42 heavy (non-hydrogen) atoms. The number of aliphatic hydroxyl groups excluding tert-OH is 1. The minimum Gasteiger partial charge on any atom is -0.463 e. The first-order valence-electron chi connectivity index (χ1n) is 15.1. The molecule has 1 heterocycles. The molecule has 224 valence electrons. The molecule has 0 bridgehead atoms. The van der Waals surface area contributed by atoms with E-state index < -0.39 is 11.5 Å². The van der Waals surface area contributed by atoms with E-state index in [9.17, 15) is 19.5 Å². The molecule has 0 radical (unpaired) electrons. The van der Waals surface area contributed by atoms with Crippen LogP contribution in [0.1, 0.15) is 61.6 Å². The van der Waals surface area contributed by atoms with Crippen molar-refractivity contribution in [2.45, 2.75) is 75.9 Å². The quantitative estimate of drug-likeness (QED) is 0.248. The number of nitrogens with zero attached hydrogens (tertiary/aromatic N) is 1. The molecule has 1 fully saturated rings. The van der Waals surface area contributed by atoms with Crippen LogP contribution < -0.4 is 5.32 Å². The van der Waals surface area contributed by atoms with Gasteiger partial charge >= 0.3 is 5.97 Å². The number of ether oxygens (including phenoxy) is 1. The van der Waals surface area contributed by atoms with Gasteiger partial charge in [-0.2, -0.15) is 0 Å². The first-order chi connectivity index (χ1) is 20.4. The van der Waals surface area contributed by atoms with Gasteiger partial charge in [0.15, 0.2) is 0 Å². The highest BCUT2D eigenvalue weighted by Gasteiger charge is 2.40. The Morgan fingerprint density at radius 2 is 1.62 bits per heavy atom. The van der Waals surface area contributed by atoms with E-state index in [4.69, 9.17) is 4.74 Å². The van der Waals surface area contributed by atoms with Crippen LogP contribution >= 0.6 is 0 Å². The molecule has 1 aliphatic heterocycles. The highest BCUT2D eigenvalue weighted by Crippen LogP contribution is 2.32. The van der Waals surface area contributed by atoms with Crippen LogP contribution in [0, 0.1) is 11.8 Å². The Bertz CT molecular complexity index is 1240. The Kier molecular flexibility index (Phi) is 11.1. The highest BCUT2D eigenvalue weighted by atomic mass is 16.5. The Hall–Kier alpha value is -3.71. The molecule has 3 atom stereocenters. The zero-order valence-corrected chi connectivity index (χ0v) is 24.5. The maximum atomic E-state index is 13.7. The number of carbonyl (C=O) groups excluding carboxylic acids is 3. The first-order valence-corrected chi connectivity index (χ1v) is 15.1. The lowest BCUT2D eigenvalue weighted by Gasteiger charge is -2.37. The minimum atomic E-state index is -0.654. The van der Waals surface area contributed by atoms with E-state index in [1.54, 1.807) is 17.1 Å². The van der Waals surface area contributed by atoms with Crippen LogP contribution in [0.15, 0.2) is 79.9 Å². The number of aliphatic hydroxyl groups is 1. The van der Waals surface area contributed by atoms with Crippen molar-refractivity contribution in [3.63, 3.8) is 0 Å². The average Bonchev–Trinajstić information content (AvgIpc) is 3.47. The zero-order valence-electron chi connectivity index (χ0n) is 24.5. The van der Waals surface area contributed by atoms with Crippen LogP contribution in [0.4, 0.5) is 0 Å². The Balaban J connectivity index is 1.40. The van der Waals surface area contributed by atoms with E-state index in [0.29, 0.717) is 45.1 Å². The van der Waals surface area contributed by atoms with Crippen LogP contribution in [0.25, 0.3) is 0 Å². The standard InChI is InChI=1S/C35H44N2O5/c1-3-12-28(22-32(39)37-23-30-17-9-8-16-27(30)21-31(37)24-38)33(40)36-35(18-10-11-19-35)25-42-34(41)29(13-4-2)20-26-14-6-5-7-15-26/h3-9,14-17,28-29,31,38H,1-2,10-13,18-25H2,(H,36,40). The van der Waals surface area contributed by atoms with Crippen LogP contribution in [0.5, 0.6) is 0 Å². The van der Waals surface area contributed by atoms with Crippen molar-refractivity contribution < 1.29 is 24.2 Å². The van der Waals surface area contributed by atoms with Crippen molar-refractivity contribution in [1.29, 1.82) is 0 Å². The van der Waals surface area contributed by atoms with Crippen LogP contribution in [-0.4, -0.2) is 52.6 Å². The maximum absolute atomic E-state index is 13.7. The van der Waals surface area contributed by atoms with Gasteiger partial charge in [0.25, 0.3) is 0 Å². The second kappa shape index (κ2) is 15.0. The molecule has 2 aromatic rings. The zero-order chi connectivity index (χ0) is 30.0. The van der Waals surface area contributed by atoms with Gasteiger partial charge in [0.1, 0.15) is 6.61 Å². The van der Waals surface area contributed by atoms with Gasteiger partial charge in [-0.05, 0) is 55.2 Å². The third-order valence-corrected chi connectivity index (χ3v) is 8.68. The molecule has 3 unspecified atom stereocenters. The molecule has 0 spiro atoms. The first kappa shape index (κ1) is 31.2. The molecule has 2 N–H and O–H groups in total. The van der Waals surface area contributed by atoms with Crippen molar-refractivity contribution in [3.8, 4) is 0 Å². The summed E-state index contributed by atoms with van der Waals surface area (Å²) < 4.78 is 5.87. The lowest BCUT2D eigenvalue weighted by molar-refractivity contribution is -0.152. The number of esters is 1. The SMILES string of the molecule is C=CCC(CC(=O)N1Cc2ccccc2CC1CO)C(=O)NC1(COC(=O)C(CC=C)Cc2ccccc2)CCCC1. The van der Waals surface area contributed by atoms with Crippen LogP contribution in [0.2, 0.25) is 0 Å².